The Balaban J connectivity index is 1.55. The van der Waals surface area contributed by atoms with Crippen molar-refractivity contribution >= 4 is 5.91 Å². The monoisotopic (exact) mass is 365 g/mol. The number of carbonyl (C=O) groups excluding carboxylic acids is 1. The lowest BCUT2D eigenvalue weighted by molar-refractivity contribution is -0.137. The normalized spacial score (nSPS) is 11.5. The first-order valence-electron chi connectivity index (χ1n) is 7.69. The summed E-state index contributed by atoms with van der Waals surface area (Å²) in [6, 6.07) is 4.28. The summed E-state index contributed by atoms with van der Waals surface area (Å²) in [6.07, 6.45) is 1.42. The molecular weight excluding hydrogens is 351 g/mol. The fraction of sp³-hybridized carbons (Fsp3) is 0.250. The summed E-state index contributed by atoms with van der Waals surface area (Å²) in [5.41, 5.74) is -0.457. The molecule has 0 radical (unpaired) electrons. The van der Waals surface area contributed by atoms with Gasteiger partial charge in [0, 0.05) is 31.0 Å². The predicted molar refractivity (Wildman–Crippen MR) is 83.9 cm³/mol. The molecule has 10 heteroatoms. The molecule has 0 aliphatic carbocycles. The van der Waals surface area contributed by atoms with E-state index in [9.17, 15) is 18.0 Å². The Labute approximate surface area is 145 Å². The molecule has 26 heavy (non-hydrogen) atoms. The van der Waals surface area contributed by atoms with E-state index in [1.165, 1.54) is 12.1 Å². The van der Waals surface area contributed by atoms with Crippen LogP contribution < -0.4 is 5.32 Å². The van der Waals surface area contributed by atoms with E-state index in [2.05, 4.69) is 20.4 Å². The number of rotatable bonds is 6. The summed E-state index contributed by atoms with van der Waals surface area (Å²) in [7, 11) is 0. The minimum Gasteiger partial charge on any atom is -0.348 e. The fourth-order valence-corrected chi connectivity index (χ4v) is 2.20. The van der Waals surface area contributed by atoms with Crippen LogP contribution in [0.2, 0.25) is 0 Å². The highest BCUT2D eigenvalue weighted by Crippen LogP contribution is 2.30. The average molecular weight is 365 g/mol. The maximum absolute atomic E-state index is 12.6. The highest BCUT2D eigenvalue weighted by atomic mass is 19.4. The lowest BCUT2D eigenvalue weighted by Gasteiger charge is -2.05. The van der Waals surface area contributed by atoms with Crippen LogP contribution in [0.15, 0.2) is 47.5 Å². The summed E-state index contributed by atoms with van der Waals surface area (Å²) in [5.74, 6) is -0.744. The largest absolute Gasteiger partial charge is 0.416 e. The van der Waals surface area contributed by atoms with Crippen molar-refractivity contribution in [3.8, 4) is 11.4 Å². The number of hydrogen-bond acceptors (Lipinski definition) is 5. The number of amides is 1. The summed E-state index contributed by atoms with van der Waals surface area (Å²) in [6.45, 7) is 1.09. The lowest BCUT2D eigenvalue weighted by Crippen LogP contribution is -2.25. The van der Waals surface area contributed by atoms with Crippen molar-refractivity contribution in [1.29, 1.82) is 0 Å². The van der Waals surface area contributed by atoms with Gasteiger partial charge in [-0.05, 0) is 18.6 Å². The van der Waals surface area contributed by atoms with Gasteiger partial charge >= 0.3 is 18.0 Å². The van der Waals surface area contributed by atoms with Crippen LogP contribution in [-0.4, -0.2) is 32.1 Å². The Morgan fingerprint density at radius 2 is 2.00 bits per heavy atom. The highest BCUT2D eigenvalue weighted by Gasteiger charge is 2.30. The fourth-order valence-electron chi connectivity index (χ4n) is 2.20. The summed E-state index contributed by atoms with van der Waals surface area (Å²) in [5, 5.41) is 6.27. The minimum atomic E-state index is -4.42. The molecule has 0 aliphatic heterocycles. The van der Waals surface area contributed by atoms with Crippen molar-refractivity contribution < 1.29 is 22.5 Å². The average Bonchev–Trinajstić information content (AvgIpc) is 3.29. The molecule has 1 amide bonds. The third kappa shape index (κ3) is 4.26. The molecule has 0 saturated heterocycles. The van der Waals surface area contributed by atoms with E-state index >= 15 is 0 Å². The molecule has 3 aromatic rings. The van der Waals surface area contributed by atoms with Crippen LogP contribution in [0.3, 0.4) is 0 Å². The van der Waals surface area contributed by atoms with Gasteiger partial charge in [0.15, 0.2) is 0 Å². The van der Waals surface area contributed by atoms with E-state index in [-0.39, 0.29) is 11.7 Å². The minimum absolute atomic E-state index is 0.0438. The van der Waals surface area contributed by atoms with Crippen molar-refractivity contribution in [3.63, 3.8) is 0 Å². The van der Waals surface area contributed by atoms with Gasteiger partial charge in [-0.2, -0.15) is 18.2 Å². The van der Waals surface area contributed by atoms with E-state index in [1.54, 1.807) is 12.5 Å². The third-order valence-corrected chi connectivity index (χ3v) is 3.53. The predicted octanol–water partition coefficient (Wildman–Crippen LogP) is 2.77. The molecule has 0 bridgehead atoms. The molecule has 0 fully saturated rings. The summed E-state index contributed by atoms with van der Waals surface area (Å²) in [4.78, 5) is 19.8. The maximum Gasteiger partial charge on any atom is 0.416 e. The van der Waals surface area contributed by atoms with Crippen molar-refractivity contribution in [2.75, 3.05) is 6.54 Å². The second kappa shape index (κ2) is 7.38. The van der Waals surface area contributed by atoms with Crippen molar-refractivity contribution in [2.24, 2.45) is 0 Å². The molecule has 1 N–H and O–H groups in total. The molecule has 2 aromatic heterocycles. The van der Waals surface area contributed by atoms with Crippen LogP contribution in [0, 0.1) is 0 Å². The Morgan fingerprint density at radius 1 is 1.23 bits per heavy atom. The van der Waals surface area contributed by atoms with Crippen LogP contribution in [0.25, 0.3) is 11.4 Å². The van der Waals surface area contributed by atoms with Crippen LogP contribution in [0.1, 0.15) is 22.7 Å². The van der Waals surface area contributed by atoms with Gasteiger partial charge in [-0.1, -0.05) is 17.3 Å². The highest BCUT2D eigenvalue weighted by molar-refractivity contribution is 5.89. The van der Waals surface area contributed by atoms with Crippen LogP contribution >= 0.6 is 0 Å². The zero-order valence-corrected chi connectivity index (χ0v) is 13.4. The lowest BCUT2D eigenvalue weighted by atomic mass is 10.1. The molecule has 7 nitrogen and oxygen atoms in total. The zero-order valence-electron chi connectivity index (χ0n) is 13.4. The van der Waals surface area contributed by atoms with Gasteiger partial charge in [0.25, 0.3) is 0 Å². The molecule has 2 heterocycles. The molecule has 0 atom stereocenters. The van der Waals surface area contributed by atoms with Crippen molar-refractivity contribution in [3.05, 3.63) is 54.4 Å². The van der Waals surface area contributed by atoms with Gasteiger partial charge in [0.1, 0.15) is 0 Å². The molecule has 1 aromatic carbocycles. The topological polar surface area (TPSA) is 85.8 Å². The van der Waals surface area contributed by atoms with E-state index in [1.807, 2.05) is 10.8 Å². The number of alkyl halides is 3. The third-order valence-electron chi connectivity index (χ3n) is 3.53. The number of aryl methyl sites for hydroxylation is 1. The summed E-state index contributed by atoms with van der Waals surface area (Å²) < 4.78 is 44.4. The Morgan fingerprint density at radius 3 is 2.65 bits per heavy atom. The van der Waals surface area contributed by atoms with Gasteiger partial charge in [-0.15, -0.1) is 0 Å². The Bertz CT molecular complexity index is 857. The second-order valence-electron chi connectivity index (χ2n) is 5.41. The van der Waals surface area contributed by atoms with E-state index in [0.29, 0.717) is 25.1 Å². The SMILES string of the molecule is O=C(NCCCn1ccnc1)c1nc(-c2ccc(C(F)(F)F)cc2)no1. The maximum atomic E-state index is 12.6. The number of halogens is 3. The number of nitrogens with zero attached hydrogens (tertiary/aromatic N) is 4. The Hall–Kier alpha value is -3.17. The number of nitrogens with one attached hydrogen (secondary N) is 1. The van der Waals surface area contributed by atoms with Gasteiger partial charge in [0.2, 0.25) is 5.82 Å². The van der Waals surface area contributed by atoms with Gasteiger partial charge in [-0.25, -0.2) is 4.98 Å². The zero-order chi connectivity index (χ0) is 18.6. The molecule has 3 rings (SSSR count). The molecule has 0 aliphatic rings. The first kappa shape index (κ1) is 17.6. The first-order valence-corrected chi connectivity index (χ1v) is 7.69. The second-order valence-corrected chi connectivity index (χ2v) is 5.41. The molecule has 0 saturated carbocycles. The smallest absolute Gasteiger partial charge is 0.348 e. The van der Waals surface area contributed by atoms with E-state index in [4.69, 9.17) is 4.52 Å². The van der Waals surface area contributed by atoms with Gasteiger partial charge in [-0.3, -0.25) is 4.79 Å². The van der Waals surface area contributed by atoms with E-state index < -0.39 is 17.6 Å². The van der Waals surface area contributed by atoms with Crippen LogP contribution in [0.5, 0.6) is 0 Å². The van der Waals surface area contributed by atoms with Crippen molar-refractivity contribution in [2.45, 2.75) is 19.1 Å². The number of carbonyl (C=O) groups is 1. The summed E-state index contributed by atoms with van der Waals surface area (Å²) >= 11 is 0. The van der Waals surface area contributed by atoms with Crippen LogP contribution in [-0.2, 0) is 12.7 Å². The number of imidazole rings is 1. The van der Waals surface area contributed by atoms with Crippen molar-refractivity contribution in [1.82, 2.24) is 25.0 Å². The number of aromatic nitrogens is 4. The molecule has 0 spiro atoms. The van der Waals surface area contributed by atoms with Gasteiger partial charge < -0.3 is 14.4 Å². The van der Waals surface area contributed by atoms with E-state index in [0.717, 1.165) is 12.1 Å². The standard InChI is InChI=1S/C16H14F3N5O2/c17-16(18,19)12-4-2-11(3-5-12)13-22-15(26-23-13)14(25)21-6-1-8-24-9-7-20-10-24/h2-5,7,9-10H,1,6,8H2,(H,21,25). The van der Waals surface area contributed by atoms with Gasteiger partial charge in [0.05, 0.1) is 11.9 Å². The first-order chi connectivity index (χ1) is 12.4. The van der Waals surface area contributed by atoms with Crippen LogP contribution in [0.4, 0.5) is 13.2 Å². The molecule has 136 valence electrons. The number of benzene rings is 1. The molecular formula is C16H14F3N5O2. The number of hydrogen-bond donors (Lipinski definition) is 1. The Kier molecular flexibility index (Phi) is 5.01. The quantitative estimate of drug-likeness (QED) is 0.679. The molecule has 0 unspecified atom stereocenters.